The maximum Gasteiger partial charge on any atom is 0.267 e. The van der Waals surface area contributed by atoms with E-state index in [0.29, 0.717) is 11.4 Å². The van der Waals surface area contributed by atoms with E-state index in [1.165, 1.54) is 22.8 Å². The molecular formula is C23H20Cl2N8O2. The van der Waals surface area contributed by atoms with Gasteiger partial charge in [-0.05, 0) is 38.1 Å². The van der Waals surface area contributed by atoms with Crippen LogP contribution < -0.4 is 32.9 Å². The Kier molecular flexibility index (Phi) is 7.86. The number of aromatic nitrogens is 4. The van der Waals surface area contributed by atoms with Gasteiger partial charge in [0.15, 0.2) is 0 Å². The molecule has 0 atom stereocenters. The summed E-state index contributed by atoms with van der Waals surface area (Å²) in [6, 6.07) is 8.21. The third-order valence-electron chi connectivity index (χ3n) is 4.86. The number of carbonyl (C=O) groups is 1. The Morgan fingerprint density at radius 3 is 2.69 bits per heavy atom. The zero-order valence-electron chi connectivity index (χ0n) is 18.7. The van der Waals surface area contributed by atoms with Crippen molar-refractivity contribution >= 4 is 51.4 Å². The van der Waals surface area contributed by atoms with Gasteiger partial charge in [-0.15, -0.1) is 0 Å². The second-order valence-electron chi connectivity index (χ2n) is 7.16. The highest BCUT2D eigenvalue weighted by Gasteiger charge is 2.16. The molecule has 0 fully saturated rings. The number of nitrogens with zero attached hydrogens (tertiary/aromatic N) is 5. The standard InChI is InChI=1S/C23H20Cl2N8O2/c1-3-5-16(25)19-17(9-24)31-18(11-29-21-15(10-26)12(2)30-23(28)32-21)33(22(19)35)14-7-4-6-13(8-14)20(27)34/h3-9H,11H2,1-2H3,(H2,27,34)(H3,28,29,30,32)/b5-3-,17-9-,19-16-. The lowest BCUT2D eigenvalue weighted by molar-refractivity contribution is 0.1000. The van der Waals surface area contributed by atoms with Crippen LogP contribution in [0.15, 0.2) is 41.2 Å². The number of hydrogen-bond acceptors (Lipinski definition) is 8. The minimum atomic E-state index is -0.664. The molecule has 0 bridgehead atoms. The summed E-state index contributed by atoms with van der Waals surface area (Å²) < 4.78 is 1.27. The van der Waals surface area contributed by atoms with E-state index in [9.17, 15) is 14.9 Å². The molecule has 0 saturated carbocycles. The number of halogens is 2. The Bertz CT molecular complexity index is 1570. The molecule has 178 valence electrons. The number of rotatable bonds is 6. The number of carbonyl (C=O) groups excluding carboxylic acids is 1. The summed E-state index contributed by atoms with van der Waals surface area (Å²) >= 11 is 12.4. The lowest BCUT2D eigenvalue weighted by Gasteiger charge is -2.15. The summed E-state index contributed by atoms with van der Waals surface area (Å²) in [5.74, 6) is -0.330. The van der Waals surface area contributed by atoms with Crippen LogP contribution in [0.4, 0.5) is 11.8 Å². The molecule has 10 nitrogen and oxygen atoms in total. The van der Waals surface area contributed by atoms with E-state index in [-0.39, 0.29) is 50.9 Å². The van der Waals surface area contributed by atoms with E-state index in [4.69, 9.17) is 34.7 Å². The maximum atomic E-state index is 13.7. The Morgan fingerprint density at radius 1 is 1.31 bits per heavy atom. The molecule has 0 spiro atoms. The number of primary amides is 1. The van der Waals surface area contributed by atoms with Crippen molar-refractivity contribution in [3.05, 3.63) is 80.0 Å². The van der Waals surface area contributed by atoms with Gasteiger partial charge in [0, 0.05) is 11.1 Å². The van der Waals surface area contributed by atoms with Crippen LogP contribution in [-0.4, -0.2) is 25.4 Å². The molecule has 0 aliphatic heterocycles. The summed E-state index contributed by atoms with van der Waals surface area (Å²) in [6.45, 7) is 3.30. The number of anilines is 2. The lowest BCUT2D eigenvalue weighted by Crippen LogP contribution is -2.49. The van der Waals surface area contributed by atoms with Gasteiger partial charge in [0.25, 0.3) is 5.56 Å². The van der Waals surface area contributed by atoms with E-state index in [1.807, 2.05) is 6.07 Å². The van der Waals surface area contributed by atoms with Gasteiger partial charge in [0.1, 0.15) is 23.3 Å². The van der Waals surface area contributed by atoms with E-state index in [0.717, 1.165) is 5.54 Å². The van der Waals surface area contributed by atoms with Crippen LogP contribution in [0.25, 0.3) is 16.3 Å². The summed E-state index contributed by atoms with van der Waals surface area (Å²) in [6.07, 6.45) is 3.20. The number of benzene rings is 1. The third-order valence-corrected chi connectivity index (χ3v) is 5.38. The molecule has 0 unspecified atom stereocenters. The van der Waals surface area contributed by atoms with Crippen molar-refractivity contribution in [2.24, 2.45) is 5.73 Å². The molecule has 12 heteroatoms. The highest BCUT2D eigenvalue weighted by Crippen LogP contribution is 2.17. The molecule has 35 heavy (non-hydrogen) atoms. The number of nitrogens with one attached hydrogen (secondary N) is 1. The molecular weight excluding hydrogens is 491 g/mol. The molecule has 0 aliphatic rings. The summed E-state index contributed by atoms with van der Waals surface area (Å²) in [7, 11) is 0. The maximum absolute atomic E-state index is 13.7. The highest BCUT2D eigenvalue weighted by atomic mass is 35.5. The zero-order valence-corrected chi connectivity index (χ0v) is 20.2. The number of nitrogens with two attached hydrogens (primary N) is 2. The normalized spacial score (nSPS) is 12.5. The SMILES string of the molecule is C\C=C/C(Cl)=c1/c(=O)n(-c2cccc(C(N)=O)c2)c(CNc2nc(N)nc(C)c2C#N)n/c1=C\Cl. The molecule has 2 aromatic heterocycles. The van der Waals surface area contributed by atoms with Crippen LogP contribution in [0.1, 0.15) is 34.4 Å². The molecule has 0 saturated heterocycles. The topological polar surface area (TPSA) is 166 Å². The number of hydrogen-bond donors (Lipinski definition) is 3. The minimum Gasteiger partial charge on any atom is -0.368 e. The Morgan fingerprint density at radius 2 is 2.06 bits per heavy atom. The van der Waals surface area contributed by atoms with E-state index >= 15 is 0 Å². The van der Waals surface area contributed by atoms with Gasteiger partial charge in [-0.2, -0.15) is 10.2 Å². The summed E-state index contributed by atoms with van der Waals surface area (Å²) in [5, 5.41) is 12.8. The summed E-state index contributed by atoms with van der Waals surface area (Å²) in [4.78, 5) is 38.0. The molecule has 5 N–H and O–H groups in total. The van der Waals surface area contributed by atoms with Crippen molar-refractivity contribution in [2.45, 2.75) is 20.4 Å². The lowest BCUT2D eigenvalue weighted by atomic mass is 10.2. The van der Waals surface area contributed by atoms with Crippen LogP contribution in [0.3, 0.4) is 0 Å². The van der Waals surface area contributed by atoms with Gasteiger partial charge in [0.05, 0.1) is 33.5 Å². The second-order valence-corrected chi connectivity index (χ2v) is 7.78. The molecule has 1 amide bonds. The van der Waals surface area contributed by atoms with Gasteiger partial charge in [-0.1, -0.05) is 35.3 Å². The fourth-order valence-electron chi connectivity index (χ4n) is 3.32. The van der Waals surface area contributed by atoms with Gasteiger partial charge < -0.3 is 16.8 Å². The van der Waals surface area contributed by atoms with Crippen molar-refractivity contribution in [2.75, 3.05) is 11.1 Å². The van der Waals surface area contributed by atoms with Crippen molar-refractivity contribution < 1.29 is 4.79 Å². The van der Waals surface area contributed by atoms with E-state index in [1.54, 1.807) is 32.1 Å². The predicted octanol–water partition coefficient (Wildman–Crippen LogP) is 1.40. The number of nitrogen functional groups attached to an aromatic ring is 1. The molecule has 0 aliphatic carbocycles. The predicted molar refractivity (Wildman–Crippen MR) is 135 cm³/mol. The van der Waals surface area contributed by atoms with Gasteiger partial charge >= 0.3 is 0 Å². The molecule has 3 aromatic rings. The van der Waals surface area contributed by atoms with Crippen LogP contribution >= 0.6 is 23.2 Å². The van der Waals surface area contributed by atoms with Gasteiger partial charge in [0.2, 0.25) is 11.9 Å². The second kappa shape index (κ2) is 10.8. The first-order chi connectivity index (χ1) is 16.7. The summed E-state index contributed by atoms with van der Waals surface area (Å²) in [5.41, 5.74) is 12.9. The monoisotopic (exact) mass is 510 g/mol. The first-order valence-corrected chi connectivity index (χ1v) is 11.0. The first-order valence-electron chi connectivity index (χ1n) is 10.1. The fraction of sp³-hybridized carbons (Fsp3) is 0.130. The fourth-order valence-corrected chi connectivity index (χ4v) is 3.78. The average Bonchev–Trinajstić information content (AvgIpc) is 2.82. The van der Waals surface area contributed by atoms with Crippen molar-refractivity contribution in [1.82, 2.24) is 19.5 Å². The Hall–Kier alpha value is -4.20. The molecule has 0 radical (unpaired) electrons. The van der Waals surface area contributed by atoms with Crippen molar-refractivity contribution in [3.63, 3.8) is 0 Å². The van der Waals surface area contributed by atoms with Crippen molar-refractivity contribution in [3.8, 4) is 11.8 Å². The smallest absolute Gasteiger partial charge is 0.267 e. The Balaban J connectivity index is 2.32. The van der Waals surface area contributed by atoms with E-state index in [2.05, 4.69) is 20.3 Å². The molecule has 3 rings (SSSR count). The molecule has 2 heterocycles. The van der Waals surface area contributed by atoms with Gasteiger partial charge in [-0.3, -0.25) is 14.2 Å². The van der Waals surface area contributed by atoms with Crippen LogP contribution in [0.5, 0.6) is 0 Å². The highest BCUT2D eigenvalue weighted by molar-refractivity contribution is 6.47. The quantitative estimate of drug-likeness (QED) is 0.447. The van der Waals surface area contributed by atoms with Crippen LogP contribution in [-0.2, 0) is 6.54 Å². The Labute approximate surface area is 209 Å². The number of allylic oxidation sites excluding steroid dienone is 2. The average molecular weight is 511 g/mol. The zero-order chi connectivity index (χ0) is 25.7. The number of aryl methyl sites for hydroxylation is 1. The minimum absolute atomic E-state index is 0.0265. The van der Waals surface area contributed by atoms with E-state index < -0.39 is 11.5 Å². The first kappa shape index (κ1) is 25.4. The van der Waals surface area contributed by atoms with Crippen LogP contribution in [0.2, 0.25) is 0 Å². The van der Waals surface area contributed by atoms with Crippen LogP contribution in [0, 0.1) is 18.3 Å². The number of nitriles is 1. The third kappa shape index (κ3) is 5.32. The number of amides is 1. The molecule has 1 aromatic carbocycles. The van der Waals surface area contributed by atoms with Gasteiger partial charge in [-0.25, -0.2) is 9.97 Å². The van der Waals surface area contributed by atoms with Crippen molar-refractivity contribution in [1.29, 1.82) is 5.26 Å². The largest absolute Gasteiger partial charge is 0.368 e.